The van der Waals surface area contributed by atoms with Crippen LogP contribution >= 0.6 is 11.6 Å². The predicted molar refractivity (Wildman–Crippen MR) is 64.6 cm³/mol. The Hall–Kier alpha value is -1.55. The molecule has 0 aromatic heterocycles. The van der Waals surface area contributed by atoms with Gasteiger partial charge in [0.05, 0.1) is 24.2 Å². The Labute approximate surface area is 104 Å². The fraction of sp³-hybridized carbons (Fsp3) is 0.333. The van der Waals surface area contributed by atoms with E-state index in [1.54, 1.807) is 25.3 Å². The quantitative estimate of drug-likeness (QED) is 0.758. The number of hydrogen-bond donors (Lipinski definition) is 0. The maximum absolute atomic E-state index is 11.8. The third-order valence-electron chi connectivity index (χ3n) is 2.71. The van der Waals surface area contributed by atoms with E-state index < -0.39 is 0 Å². The van der Waals surface area contributed by atoms with Crippen molar-refractivity contribution in [1.29, 1.82) is 0 Å². The van der Waals surface area contributed by atoms with Crippen molar-refractivity contribution in [3.8, 4) is 5.75 Å². The number of anilines is 1. The number of nitrogens with zero attached hydrogens (tertiary/aromatic N) is 1. The molecule has 1 aliphatic rings. The molecular weight excluding hydrogens is 242 g/mol. The molecule has 5 heteroatoms. The number of carbonyl (C=O) groups is 2. The average molecular weight is 254 g/mol. The van der Waals surface area contributed by atoms with Crippen LogP contribution in [0.2, 0.25) is 5.02 Å². The minimum atomic E-state index is -0.212. The molecule has 0 aliphatic carbocycles. The highest BCUT2D eigenvalue weighted by Crippen LogP contribution is 2.31. The van der Waals surface area contributed by atoms with Gasteiger partial charge in [-0.2, -0.15) is 0 Å². The van der Waals surface area contributed by atoms with Gasteiger partial charge in [0.2, 0.25) is 5.91 Å². The summed E-state index contributed by atoms with van der Waals surface area (Å²) in [6.45, 7) is 0.380. The first-order valence-electron chi connectivity index (χ1n) is 5.27. The summed E-state index contributed by atoms with van der Waals surface area (Å²) in [4.78, 5) is 24.4. The molecular formula is C12H12ClNO3. The third-order valence-corrected chi connectivity index (χ3v) is 3.03. The van der Waals surface area contributed by atoms with Gasteiger partial charge in [0.15, 0.2) is 0 Å². The Bertz CT molecular complexity index is 473. The Morgan fingerprint density at radius 2 is 2.12 bits per heavy atom. The molecule has 0 radical (unpaired) electrons. The second-order valence-corrected chi connectivity index (χ2v) is 4.24. The number of halogens is 1. The molecule has 1 heterocycles. The molecule has 0 atom stereocenters. The topological polar surface area (TPSA) is 46.6 Å². The van der Waals surface area contributed by atoms with Gasteiger partial charge in [-0.1, -0.05) is 11.6 Å². The summed E-state index contributed by atoms with van der Waals surface area (Å²) in [5.74, 6) is 0.399. The SMILES string of the molecule is COc1ccc(Cl)c(N2CCC(=O)CC2=O)c1. The van der Waals surface area contributed by atoms with Crippen molar-refractivity contribution in [3.63, 3.8) is 0 Å². The summed E-state index contributed by atoms with van der Waals surface area (Å²) >= 11 is 6.05. The fourth-order valence-electron chi connectivity index (χ4n) is 1.79. The first-order chi connectivity index (χ1) is 8.11. The fourth-order valence-corrected chi connectivity index (χ4v) is 2.01. The first kappa shape index (κ1) is 11.9. The normalized spacial score (nSPS) is 16.2. The van der Waals surface area contributed by atoms with Gasteiger partial charge in [0.25, 0.3) is 0 Å². The van der Waals surface area contributed by atoms with Crippen LogP contribution in [0.1, 0.15) is 12.8 Å². The number of amides is 1. The van der Waals surface area contributed by atoms with Crippen molar-refractivity contribution in [3.05, 3.63) is 23.2 Å². The molecule has 1 aliphatic heterocycles. The van der Waals surface area contributed by atoms with Crippen LogP contribution in [0.3, 0.4) is 0 Å². The second-order valence-electron chi connectivity index (χ2n) is 3.83. The van der Waals surface area contributed by atoms with Gasteiger partial charge in [-0.05, 0) is 12.1 Å². The minimum Gasteiger partial charge on any atom is -0.497 e. The van der Waals surface area contributed by atoms with E-state index in [4.69, 9.17) is 16.3 Å². The maximum atomic E-state index is 11.8. The van der Waals surface area contributed by atoms with E-state index in [1.807, 2.05) is 0 Å². The van der Waals surface area contributed by atoms with Crippen molar-refractivity contribution < 1.29 is 14.3 Å². The van der Waals surface area contributed by atoms with Crippen LogP contribution in [0, 0.1) is 0 Å². The minimum absolute atomic E-state index is 0.0229. The number of Topliss-reactive ketones (excluding diaryl/α,β-unsaturated/α-hetero) is 1. The van der Waals surface area contributed by atoms with Crippen LogP contribution in [0.15, 0.2) is 18.2 Å². The molecule has 2 rings (SSSR count). The predicted octanol–water partition coefficient (Wildman–Crippen LogP) is 2.04. The lowest BCUT2D eigenvalue weighted by molar-refractivity contribution is -0.128. The van der Waals surface area contributed by atoms with Crippen LogP contribution in [0.25, 0.3) is 0 Å². The Morgan fingerprint density at radius 1 is 1.35 bits per heavy atom. The van der Waals surface area contributed by atoms with Crippen molar-refractivity contribution in [2.45, 2.75) is 12.8 Å². The van der Waals surface area contributed by atoms with Crippen LogP contribution in [-0.4, -0.2) is 25.3 Å². The molecule has 1 saturated heterocycles. The van der Waals surface area contributed by atoms with E-state index >= 15 is 0 Å². The average Bonchev–Trinajstić information content (AvgIpc) is 2.30. The van der Waals surface area contributed by atoms with Gasteiger partial charge >= 0.3 is 0 Å². The molecule has 1 aromatic carbocycles. The summed E-state index contributed by atoms with van der Waals surface area (Å²) in [5, 5.41) is 0.480. The van der Waals surface area contributed by atoms with Crippen LogP contribution in [-0.2, 0) is 9.59 Å². The van der Waals surface area contributed by atoms with Gasteiger partial charge in [0, 0.05) is 19.0 Å². The Morgan fingerprint density at radius 3 is 2.76 bits per heavy atom. The first-order valence-corrected chi connectivity index (χ1v) is 5.65. The number of methoxy groups -OCH3 is 1. The molecule has 4 nitrogen and oxygen atoms in total. The van der Waals surface area contributed by atoms with Gasteiger partial charge in [0.1, 0.15) is 11.5 Å². The standard InChI is InChI=1S/C12H12ClNO3/c1-17-9-2-3-10(13)11(7-9)14-5-4-8(15)6-12(14)16/h2-3,7H,4-6H2,1H3. The molecule has 1 fully saturated rings. The number of ether oxygens (including phenoxy) is 1. The van der Waals surface area contributed by atoms with Crippen molar-refractivity contribution in [2.75, 3.05) is 18.6 Å². The van der Waals surface area contributed by atoms with E-state index in [1.165, 1.54) is 4.90 Å². The van der Waals surface area contributed by atoms with Crippen LogP contribution in [0.4, 0.5) is 5.69 Å². The lowest BCUT2D eigenvalue weighted by Crippen LogP contribution is -2.39. The molecule has 1 aromatic rings. The summed E-state index contributed by atoms with van der Waals surface area (Å²) < 4.78 is 5.09. The zero-order valence-electron chi connectivity index (χ0n) is 9.40. The second kappa shape index (κ2) is 4.75. The summed E-state index contributed by atoms with van der Waals surface area (Å²) in [6, 6.07) is 5.11. The van der Waals surface area contributed by atoms with E-state index in [2.05, 4.69) is 0 Å². The van der Waals surface area contributed by atoms with Gasteiger partial charge in [-0.25, -0.2) is 0 Å². The number of rotatable bonds is 2. The number of benzene rings is 1. The molecule has 0 unspecified atom stereocenters. The molecule has 1 amide bonds. The zero-order valence-corrected chi connectivity index (χ0v) is 10.2. The van der Waals surface area contributed by atoms with Crippen LogP contribution in [0.5, 0.6) is 5.75 Å². The summed E-state index contributed by atoms with van der Waals surface area (Å²) in [6.07, 6.45) is 0.326. The number of carbonyl (C=O) groups excluding carboxylic acids is 2. The largest absolute Gasteiger partial charge is 0.497 e. The highest BCUT2D eigenvalue weighted by Gasteiger charge is 2.26. The summed E-state index contributed by atoms with van der Waals surface area (Å²) in [5.41, 5.74) is 0.600. The van der Waals surface area contributed by atoms with E-state index in [0.29, 0.717) is 29.4 Å². The highest BCUT2D eigenvalue weighted by molar-refractivity contribution is 6.34. The molecule has 0 bridgehead atoms. The van der Waals surface area contributed by atoms with Crippen LogP contribution < -0.4 is 9.64 Å². The van der Waals surface area contributed by atoms with Crippen molar-refractivity contribution in [2.24, 2.45) is 0 Å². The molecule has 0 N–H and O–H groups in total. The molecule has 0 saturated carbocycles. The van der Waals surface area contributed by atoms with Crippen molar-refractivity contribution >= 4 is 29.0 Å². The van der Waals surface area contributed by atoms with Gasteiger partial charge in [-0.15, -0.1) is 0 Å². The number of ketones is 1. The van der Waals surface area contributed by atoms with Gasteiger partial charge in [-0.3, -0.25) is 9.59 Å². The molecule has 17 heavy (non-hydrogen) atoms. The highest BCUT2D eigenvalue weighted by atomic mass is 35.5. The number of piperidine rings is 1. The lowest BCUT2D eigenvalue weighted by Gasteiger charge is -2.27. The number of hydrogen-bond acceptors (Lipinski definition) is 3. The van der Waals surface area contributed by atoms with Gasteiger partial charge < -0.3 is 9.64 Å². The van der Waals surface area contributed by atoms with E-state index in [-0.39, 0.29) is 18.1 Å². The maximum Gasteiger partial charge on any atom is 0.234 e. The Balaban J connectivity index is 2.33. The molecule has 90 valence electrons. The Kier molecular flexibility index (Phi) is 3.33. The van der Waals surface area contributed by atoms with Crippen molar-refractivity contribution in [1.82, 2.24) is 0 Å². The third kappa shape index (κ3) is 2.42. The molecule has 0 spiro atoms. The van der Waals surface area contributed by atoms with E-state index in [9.17, 15) is 9.59 Å². The summed E-state index contributed by atoms with van der Waals surface area (Å²) in [7, 11) is 1.55. The van der Waals surface area contributed by atoms with E-state index in [0.717, 1.165) is 0 Å². The smallest absolute Gasteiger partial charge is 0.234 e. The lowest BCUT2D eigenvalue weighted by atomic mass is 10.1. The zero-order chi connectivity index (χ0) is 12.4. The monoisotopic (exact) mass is 253 g/mol.